The maximum absolute atomic E-state index is 13.8. The third kappa shape index (κ3) is 5.12. The Hall–Kier alpha value is -4.46. The summed E-state index contributed by atoms with van der Waals surface area (Å²) < 4.78 is 5.18. The summed E-state index contributed by atoms with van der Waals surface area (Å²) in [6.07, 6.45) is 0.138. The largest absolute Gasteiger partial charge is 0.497 e. The Morgan fingerprint density at radius 3 is 2.17 bits per heavy atom. The number of nitrogens with zero attached hydrogens (tertiary/aromatic N) is 2. The van der Waals surface area contributed by atoms with E-state index in [1.54, 1.807) is 55.5 Å². The fourth-order valence-corrected chi connectivity index (χ4v) is 4.25. The zero-order valence-electron chi connectivity index (χ0n) is 20.1. The molecular formula is C28H27N3O5. The Balaban J connectivity index is 1.58. The van der Waals surface area contributed by atoms with E-state index < -0.39 is 29.7 Å². The van der Waals surface area contributed by atoms with Crippen LogP contribution in [-0.2, 0) is 16.0 Å². The van der Waals surface area contributed by atoms with Gasteiger partial charge in [0.25, 0.3) is 11.8 Å². The van der Waals surface area contributed by atoms with Gasteiger partial charge in [-0.25, -0.2) is 0 Å². The molecule has 184 valence electrons. The predicted octanol–water partition coefficient (Wildman–Crippen LogP) is 3.39. The van der Waals surface area contributed by atoms with E-state index in [1.165, 1.54) is 12.0 Å². The van der Waals surface area contributed by atoms with Gasteiger partial charge < -0.3 is 15.0 Å². The fraction of sp³-hybridized carbons (Fsp3) is 0.214. The lowest BCUT2D eigenvalue weighted by molar-refractivity contribution is -0.138. The lowest BCUT2D eigenvalue weighted by atomic mass is 10.0. The van der Waals surface area contributed by atoms with E-state index in [1.807, 2.05) is 30.3 Å². The summed E-state index contributed by atoms with van der Waals surface area (Å²) in [5.41, 5.74) is 1.87. The van der Waals surface area contributed by atoms with Gasteiger partial charge in [0.15, 0.2) is 0 Å². The zero-order chi connectivity index (χ0) is 25.7. The number of ether oxygens (including phenoxy) is 1. The second-order valence-electron chi connectivity index (χ2n) is 8.36. The van der Waals surface area contributed by atoms with Crippen molar-refractivity contribution in [2.45, 2.75) is 19.4 Å². The van der Waals surface area contributed by atoms with E-state index >= 15 is 0 Å². The number of amides is 4. The number of imide groups is 1. The second kappa shape index (κ2) is 10.9. The van der Waals surface area contributed by atoms with Gasteiger partial charge in [0.1, 0.15) is 11.8 Å². The summed E-state index contributed by atoms with van der Waals surface area (Å²) in [6.45, 7) is 1.73. The Morgan fingerprint density at radius 1 is 0.917 bits per heavy atom. The average molecular weight is 486 g/mol. The first kappa shape index (κ1) is 24.7. The molecule has 8 nitrogen and oxygen atoms in total. The third-order valence-corrected chi connectivity index (χ3v) is 6.08. The zero-order valence-corrected chi connectivity index (χ0v) is 20.1. The Bertz CT molecular complexity index is 1260. The highest BCUT2D eigenvalue weighted by Crippen LogP contribution is 2.27. The molecule has 8 heteroatoms. The first-order valence-electron chi connectivity index (χ1n) is 11.7. The van der Waals surface area contributed by atoms with E-state index in [0.29, 0.717) is 11.4 Å². The van der Waals surface area contributed by atoms with Gasteiger partial charge >= 0.3 is 0 Å². The molecule has 0 bridgehead atoms. The molecule has 1 aliphatic rings. The van der Waals surface area contributed by atoms with Crippen molar-refractivity contribution in [1.29, 1.82) is 0 Å². The molecule has 1 atom stereocenters. The van der Waals surface area contributed by atoms with Gasteiger partial charge in [-0.2, -0.15) is 0 Å². The normalized spacial score (nSPS) is 13.2. The summed E-state index contributed by atoms with van der Waals surface area (Å²) in [6, 6.07) is 21.5. The van der Waals surface area contributed by atoms with E-state index in [-0.39, 0.29) is 30.6 Å². The van der Waals surface area contributed by atoms with Gasteiger partial charge in [-0.1, -0.05) is 48.5 Å². The van der Waals surface area contributed by atoms with Crippen LogP contribution in [0.5, 0.6) is 5.75 Å². The van der Waals surface area contributed by atoms with Crippen LogP contribution in [0, 0.1) is 0 Å². The summed E-state index contributed by atoms with van der Waals surface area (Å²) in [4.78, 5) is 55.4. The molecule has 1 aliphatic heterocycles. The van der Waals surface area contributed by atoms with Crippen molar-refractivity contribution in [2.24, 2.45) is 0 Å². The molecule has 0 fully saturated rings. The number of hydrogen-bond donors (Lipinski definition) is 1. The van der Waals surface area contributed by atoms with Gasteiger partial charge in [-0.05, 0) is 36.8 Å². The van der Waals surface area contributed by atoms with Gasteiger partial charge in [0, 0.05) is 24.7 Å². The Kier molecular flexibility index (Phi) is 7.44. The number of carbonyl (C=O) groups excluding carboxylic acids is 4. The van der Waals surface area contributed by atoms with Crippen LogP contribution in [0.1, 0.15) is 33.2 Å². The van der Waals surface area contributed by atoms with Gasteiger partial charge in [-0.3, -0.25) is 24.1 Å². The average Bonchev–Trinajstić information content (AvgIpc) is 3.16. The summed E-state index contributed by atoms with van der Waals surface area (Å²) in [5.74, 6) is -1.32. The molecule has 1 heterocycles. The molecule has 0 saturated carbocycles. The van der Waals surface area contributed by atoms with Gasteiger partial charge in [0.2, 0.25) is 11.8 Å². The number of likely N-dealkylation sites (N-methyl/N-ethyl adjacent to an activating group) is 1. The van der Waals surface area contributed by atoms with Crippen LogP contribution in [0.25, 0.3) is 0 Å². The van der Waals surface area contributed by atoms with Crippen molar-refractivity contribution >= 4 is 29.3 Å². The number of fused-ring (bicyclic) bond motifs is 1. The molecule has 4 amide bonds. The lowest BCUT2D eigenvalue weighted by Crippen LogP contribution is -2.53. The maximum atomic E-state index is 13.8. The van der Waals surface area contributed by atoms with Crippen molar-refractivity contribution in [3.8, 4) is 5.75 Å². The second-order valence-corrected chi connectivity index (χ2v) is 8.36. The highest BCUT2D eigenvalue weighted by Gasteiger charge is 2.43. The van der Waals surface area contributed by atoms with Crippen LogP contribution in [0.2, 0.25) is 0 Å². The molecule has 3 aromatic rings. The fourth-order valence-electron chi connectivity index (χ4n) is 4.25. The third-order valence-electron chi connectivity index (χ3n) is 6.08. The van der Waals surface area contributed by atoms with Crippen LogP contribution in [-0.4, -0.2) is 59.7 Å². The first-order chi connectivity index (χ1) is 17.4. The van der Waals surface area contributed by atoms with Crippen molar-refractivity contribution in [3.63, 3.8) is 0 Å². The highest BCUT2D eigenvalue weighted by atomic mass is 16.5. The van der Waals surface area contributed by atoms with Crippen molar-refractivity contribution < 1.29 is 23.9 Å². The number of carbonyl (C=O) groups is 4. The van der Waals surface area contributed by atoms with Gasteiger partial charge in [0.05, 0.1) is 24.8 Å². The highest BCUT2D eigenvalue weighted by molar-refractivity contribution is 6.23. The smallest absolute Gasteiger partial charge is 0.262 e. The van der Waals surface area contributed by atoms with Gasteiger partial charge in [-0.15, -0.1) is 0 Å². The van der Waals surface area contributed by atoms with Crippen LogP contribution < -0.4 is 10.1 Å². The van der Waals surface area contributed by atoms with Crippen LogP contribution in [0.4, 0.5) is 5.69 Å². The quantitative estimate of drug-likeness (QED) is 0.469. The van der Waals surface area contributed by atoms with E-state index in [0.717, 1.165) is 10.5 Å². The van der Waals surface area contributed by atoms with Crippen LogP contribution in [0.15, 0.2) is 78.9 Å². The summed E-state index contributed by atoms with van der Waals surface area (Å²) >= 11 is 0. The maximum Gasteiger partial charge on any atom is 0.262 e. The van der Waals surface area contributed by atoms with Crippen LogP contribution >= 0.6 is 0 Å². The van der Waals surface area contributed by atoms with Crippen molar-refractivity contribution in [2.75, 3.05) is 25.5 Å². The standard InChI is InChI=1S/C28H27N3O5/c1-3-30(18-25(32)29-20-12-9-13-21(17-20)36-2)28(35)24(16-19-10-5-4-6-11-19)31-26(33)22-14-7-8-15-23(22)27(31)34/h4-15,17,24H,3,16,18H2,1-2H3,(H,29,32). The monoisotopic (exact) mass is 485 g/mol. The molecule has 0 aliphatic carbocycles. The number of hydrogen-bond acceptors (Lipinski definition) is 5. The number of nitrogens with one attached hydrogen (secondary N) is 1. The molecule has 1 N–H and O–H groups in total. The minimum atomic E-state index is -1.09. The number of methoxy groups -OCH3 is 1. The predicted molar refractivity (Wildman–Crippen MR) is 135 cm³/mol. The molecule has 1 unspecified atom stereocenters. The summed E-state index contributed by atoms with van der Waals surface area (Å²) in [7, 11) is 1.53. The number of benzene rings is 3. The minimum Gasteiger partial charge on any atom is -0.497 e. The molecule has 0 aromatic heterocycles. The molecule has 4 rings (SSSR count). The van der Waals surface area contributed by atoms with Crippen LogP contribution in [0.3, 0.4) is 0 Å². The molecule has 36 heavy (non-hydrogen) atoms. The van der Waals surface area contributed by atoms with Crippen molar-refractivity contribution in [3.05, 3.63) is 95.6 Å². The Morgan fingerprint density at radius 2 is 1.56 bits per heavy atom. The van der Waals surface area contributed by atoms with Crippen molar-refractivity contribution in [1.82, 2.24) is 9.80 Å². The molecule has 0 radical (unpaired) electrons. The number of rotatable bonds is 9. The number of anilines is 1. The molecule has 3 aromatic carbocycles. The summed E-state index contributed by atoms with van der Waals surface area (Å²) in [5, 5.41) is 2.77. The lowest BCUT2D eigenvalue weighted by Gasteiger charge is -2.31. The SMILES string of the molecule is CCN(CC(=O)Nc1cccc(OC)c1)C(=O)C(Cc1ccccc1)N1C(=O)c2ccccc2C1=O. The Labute approximate surface area is 209 Å². The minimum absolute atomic E-state index is 0.138. The molecule has 0 saturated heterocycles. The molecule has 0 spiro atoms. The first-order valence-corrected chi connectivity index (χ1v) is 11.7. The van der Waals surface area contributed by atoms with E-state index in [4.69, 9.17) is 4.74 Å². The van der Waals surface area contributed by atoms with E-state index in [9.17, 15) is 19.2 Å². The van der Waals surface area contributed by atoms with E-state index in [2.05, 4.69) is 5.32 Å². The topological polar surface area (TPSA) is 96.0 Å². The molecular weight excluding hydrogens is 458 g/mol.